The molecular weight excluding hydrogens is 388 g/mol. The lowest BCUT2D eigenvalue weighted by molar-refractivity contribution is -0.120. The second-order valence-electron chi connectivity index (χ2n) is 6.33. The predicted molar refractivity (Wildman–Crippen MR) is 114 cm³/mol. The Morgan fingerprint density at radius 3 is 2.72 bits per heavy atom. The molecule has 2 aromatic carbocycles. The maximum Gasteiger partial charge on any atom is 0.246 e. The zero-order valence-electron chi connectivity index (χ0n) is 16.2. The summed E-state index contributed by atoms with van der Waals surface area (Å²) in [6, 6.07) is 13.6. The van der Waals surface area contributed by atoms with Crippen LogP contribution < -0.4 is 20.6 Å². The monoisotopic (exact) mass is 410 g/mol. The van der Waals surface area contributed by atoms with Gasteiger partial charge < -0.3 is 15.2 Å². The average molecular weight is 410 g/mol. The molecule has 0 unspecified atom stereocenters. The fourth-order valence-corrected chi connectivity index (χ4v) is 3.08. The van der Waals surface area contributed by atoms with Crippen molar-refractivity contribution in [2.24, 2.45) is 5.10 Å². The van der Waals surface area contributed by atoms with Crippen molar-refractivity contribution in [2.45, 2.75) is 20.0 Å². The number of carbonyl (C=O) groups is 1. The van der Waals surface area contributed by atoms with E-state index in [2.05, 4.69) is 15.5 Å². The van der Waals surface area contributed by atoms with Crippen LogP contribution in [0.4, 0.5) is 5.13 Å². The fourth-order valence-electron chi connectivity index (χ4n) is 2.52. The second kappa shape index (κ2) is 9.70. The first-order valence-corrected chi connectivity index (χ1v) is 9.79. The molecule has 0 aliphatic heterocycles. The number of carbonyl (C=O) groups excluding carboxylic acids is 1. The van der Waals surface area contributed by atoms with E-state index in [-0.39, 0.29) is 12.3 Å². The number of aromatic nitrogens is 1. The van der Waals surface area contributed by atoms with Crippen LogP contribution in [0, 0.1) is 6.92 Å². The van der Waals surface area contributed by atoms with Crippen LogP contribution in [0.5, 0.6) is 11.5 Å². The molecule has 0 saturated carbocycles. The van der Waals surface area contributed by atoms with Gasteiger partial charge in [-0.3, -0.25) is 4.79 Å². The molecule has 0 bridgehead atoms. The number of methoxy groups -OCH3 is 1. The second-order valence-corrected chi connectivity index (χ2v) is 7.22. The summed E-state index contributed by atoms with van der Waals surface area (Å²) >= 11 is 1.30. The third-order valence-corrected chi connectivity index (χ3v) is 4.74. The van der Waals surface area contributed by atoms with E-state index in [1.54, 1.807) is 24.8 Å². The number of thiazole rings is 1. The summed E-state index contributed by atoms with van der Waals surface area (Å²) < 4.78 is 11.3. The van der Waals surface area contributed by atoms with Crippen LogP contribution >= 0.6 is 11.3 Å². The van der Waals surface area contributed by atoms with Crippen molar-refractivity contribution < 1.29 is 14.3 Å². The summed E-state index contributed by atoms with van der Waals surface area (Å²) in [6.07, 6.45) is 1.67. The normalized spacial score (nSPS) is 10.8. The van der Waals surface area contributed by atoms with Gasteiger partial charge >= 0.3 is 0 Å². The fraction of sp³-hybridized carbons (Fsp3) is 0.190. The Morgan fingerprint density at radius 2 is 2.03 bits per heavy atom. The summed E-state index contributed by atoms with van der Waals surface area (Å²) in [5.74, 6) is 0.956. The van der Waals surface area contributed by atoms with Crippen molar-refractivity contribution in [1.82, 2.24) is 10.4 Å². The number of ether oxygens (including phenoxy) is 2. The number of hydrogen-bond acceptors (Lipinski definition) is 7. The highest BCUT2D eigenvalue weighted by Gasteiger charge is 2.07. The van der Waals surface area contributed by atoms with Crippen molar-refractivity contribution in [3.05, 3.63) is 70.2 Å². The summed E-state index contributed by atoms with van der Waals surface area (Å²) in [6.45, 7) is 2.49. The molecule has 0 aliphatic carbocycles. The van der Waals surface area contributed by atoms with Crippen molar-refractivity contribution >= 4 is 28.6 Å². The van der Waals surface area contributed by atoms with Crippen LogP contribution in [0.15, 0.2) is 52.9 Å². The number of amides is 1. The van der Waals surface area contributed by atoms with Gasteiger partial charge in [0.1, 0.15) is 6.61 Å². The SMILES string of the molecule is COc1cc(/C=N/NC(=O)Cc2csc(N)n2)ccc1OCc1ccc(C)cc1. The molecule has 29 heavy (non-hydrogen) atoms. The maximum absolute atomic E-state index is 11.9. The van der Waals surface area contributed by atoms with E-state index in [0.717, 1.165) is 11.1 Å². The Kier molecular flexibility index (Phi) is 6.80. The third kappa shape index (κ3) is 6.05. The number of hydrogen-bond donors (Lipinski definition) is 2. The zero-order valence-corrected chi connectivity index (χ0v) is 17.0. The van der Waals surface area contributed by atoms with Gasteiger partial charge in [-0.05, 0) is 36.2 Å². The van der Waals surface area contributed by atoms with E-state index in [1.165, 1.54) is 16.9 Å². The molecule has 3 rings (SSSR count). The van der Waals surface area contributed by atoms with E-state index in [0.29, 0.717) is 28.9 Å². The first-order chi connectivity index (χ1) is 14.0. The Morgan fingerprint density at radius 1 is 1.24 bits per heavy atom. The van der Waals surface area contributed by atoms with Crippen LogP contribution in [0.2, 0.25) is 0 Å². The first kappa shape index (κ1) is 20.3. The number of hydrazone groups is 1. The molecule has 3 N–H and O–H groups in total. The number of anilines is 1. The summed E-state index contributed by atoms with van der Waals surface area (Å²) in [4.78, 5) is 15.9. The van der Waals surface area contributed by atoms with Crippen molar-refractivity contribution in [1.29, 1.82) is 0 Å². The summed E-state index contributed by atoms with van der Waals surface area (Å²) in [5, 5.41) is 6.16. The number of nitrogen functional groups attached to an aromatic ring is 1. The van der Waals surface area contributed by atoms with E-state index in [4.69, 9.17) is 15.2 Å². The van der Waals surface area contributed by atoms with Gasteiger partial charge in [0, 0.05) is 5.38 Å². The standard InChI is InChI=1S/C21H22N4O3S/c1-14-3-5-15(6-4-14)12-28-18-8-7-16(9-19(18)27-2)11-23-25-20(26)10-17-13-29-21(22)24-17/h3-9,11,13H,10,12H2,1-2H3,(H2,22,24)(H,25,26)/b23-11+. The lowest BCUT2D eigenvalue weighted by atomic mass is 10.2. The van der Waals surface area contributed by atoms with Crippen LogP contribution in [0.1, 0.15) is 22.4 Å². The van der Waals surface area contributed by atoms with Gasteiger partial charge in [-0.15, -0.1) is 11.3 Å². The van der Waals surface area contributed by atoms with Gasteiger partial charge in [-0.25, -0.2) is 10.4 Å². The molecule has 1 amide bonds. The Labute approximate surface area is 173 Å². The van der Waals surface area contributed by atoms with E-state index in [1.807, 2.05) is 43.3 Å². The molecule has 3 aromatic rings. The lowest BCUT2D eigenvalue weighted by Crippen LogP contribution is -2.19. The predicted octanol–water partition coefficient (Wildman–Crippen LogP) is 3.31. The number of nitrogens with zero attached hydrogens (tertiary/aromatic N) is 2. The minimum atomic E-state index is -0.267. The summed E-state index contributed by atoms with van der Waals surface area (Å²) in [7, 11) is 1.58. The molecule has 8 heteroatoms. The highest BCUT2D eigenvalue weighted by atomic mass is 32.1. The van der Waals surface area contributed by atoms with E-state index in [9.17, 15) is 4.79 Å². The number of nitrogens with two attached hydrogens (primary N) is 1. The largest absolute Gasteiger partial charge is 0.493 e. The lowest BCUT2D eigenvalue weighted by Gasteiger charge is -2.11. The molecule has 7 nitrogen and oxygen atoms in total. The number of rotatable bonds is 8. The zero-order chi connectivity index (χ0) is 20.6. The topological polar surface area (TPSA) is 98.8 Å². The number of benzene rings is 2. The minimum Gasteiger partial charge on any atom is -0.493 e. The average Bonchev–Trinajstić information content (AvgIpc) is 3.12. The van der Waals surface area contributed by atoms with E-state index < -0.39 is 0 Å². The third-order valence-electron chi connectivity index (χ3n) is 4.02. The van der Waals surface area contributed by atoms with Crippen LogP contribution in [0.3, 0.4) is 0 Å². The van der Waals surface area contributed by atoms with Crippen LogP contribution in [0.25, 0.3) is 0 Å². The Balaban J connectivity index is 1.56. The quantitative estimate of drug-likeness (QED) is 0.438. The molecular formula is C21H22N4O3S. The van der Waals surface area contributed by atoms with Gasteiger partial charge in [0.15, 0.2) is 16.6 Å². The molecule has 0 atom stereocenters. The highest BCUT2D eigenvalue weighted by Crippen LogP contribution is 2.28. The highest BCUT2D eigenvalue weighted by molar-refractivity contribution is 7.13. The molecule has 150 valence electrons. The van der Waals surface area contributed by atoms with E-state index >= 15 is 0 Å². The van der Waals surface area contributed by atoms with Crippen molar-refractivity contribution in [3.63, 3.8) is 0 Å². The van der Waals surface area contributed by atoms with Crippen LogP contribution in [-0.2, 0) is 17.8 Å². The summed E-state index contributed by atoms with van der Waals surface area (Å²) in [5.41, 5.74) is 11.7. The number of nitrogens with one attached hydrogen (secondary N) is 1. The number of aryl methyl sites for hydroxylation is 1. The molecule has 0 fully saturated rings. The molecule has 1 heterocycles. The van der Waals surface area contributed by atoms with Gasteiger partial charge in [0.2, 0.25) is 5.91 Å². The minimum absolute atomic E-state index is 0.125. The first-order valence-electron chi connectivity index (χ1n) is 8.91. The Hall–Kier alpha value is -3.39. The van der Waals surface area contributed by atoms with Crippen LogP contribution in [-0.4, -0.2) is 24.2 Å². The van der Waals surface area contributed by atoms with Gasteiger partial charge in [-0.1, -0.05) is 29.8 Å². The van der Waals surface area contributed by atoms with Gasteiger partial charge in [0.05, 0.1) is 25.4 Å². The van der Waals surface area contributed by atoms with Crippen molar-refractivity contribution in [2.75, 3.05) is 12.8 Å². The Bertz CT molecular complexity index is 999. The maximum atomic E-state index is 11.9. The van der Waals surface area contributed by atoms with Gasteiger partial charge in [0.25, 0.3) is 0 Å². The van der Waals surface area contributed by atoms with Crippen molar-refractivity contribution in [3.8, 4) is 11.5 Å². The molecule has 0 spiro atoms. The molecule has 0 radical (unpaired) electrons. The molecule has 0 aliphatic rings. The molecule has 1 aromatic heterocycles. The smallest absolute Gasteiger partial charge is 0.246 e. The van der Waals surface area contributed by atoms with Gasteiger partial charge in [-0.2, -0.15) is 5.10 Å². The molecule has 0 saturated heterocycles.